The number of carbonyl (C=O) groups excluding carboxylic acids is 1. The first-order chi connectivity index (χ1) is 7.18. The summed E-state index contributed by atoms with van der Waals surface area (Å²) in [6.07, 6.45) is 0. The average molecular weight is 267 g/mol. The number of fused-ring (bicyclic) bond motifs is 1. The van der Waals surface area contributed by atoms with Gasteiger partial charge in [0.2, 0.25) is 10.9 Å². The molecule has 0 saturated heterocycles. The number of rotatable bonds is 2. The topological polar surface area (TPSA) is 17.1 Å². The Bertz CT molecular complexity index is 508. The third-order valence-electron chi connectivity index (χ3n) is 2.23. The lowest BCUT2D eigenvalue weighted by molar-refractivity contribution is 0.0943. The van der Waals surface area contributed by atoms with E-state index in [1.807, 2.05) is 30.3 Å². The molecule has 0 aromatic heterocycles. The van der Waals surface area contributed by atoms with E-state index in [1.54, 1.807) is 12.1 Å². The zero-order valence-electron chi connectivity index (χ0n) is 7.78. The largest absolute Gasteiger partial charge is 0.290 e. The van der Waals surface area contributed by atoms with Crippen LogP contribution in [0.5, 0.6) is 0 Å². The molecule has 2 rings (SSSR count). The van der Waals surface area contributed by atoms with E-state index < -0.39 is 10.9 Å². The van der Waals surface area contributed by atoms with Gasteiger partial charge in [-0.25, -0.2) is 4.39 Å². The lowest BCUT2D eigenvalue weighted by Gasteiger charge is -2.02. The Hall–Kier alpha value is -1.22. The number of carbonyl (C=O) groups is 1. The molecule has 0 amide bonds. The van der Waals surface area contributed by atoms with Crippen molar-refractivity contribution in [2.45, 2.75) is 5.08 Å². The van der Waals surface area contributed by atoms with E-state index in [0.717, 1.165) is 10.8 Å². The van der Waals surface area contributed by atoms with Gasteiger partial charge in [0.25, 0.3) is 0 Å². The predicted octanol–water partition coefficient (Wildman–Crippen LogP) is 3.71. The summed E-state index contributed by atoms with van der Waals surface area (Å²) in [5.74, 6) is -0.541. The van der Waals surface area contributed by atoms with Crippen LogP contribution < -0.4 is 0 Å². The number of ketones is 1. The van der Waals surface area contributed by atoms with Gasteiger partial charge in [-0.05, 0) is 32.8 Å². The molecule has 0 aliphatic heterocycles. The third kappa shape index (κ3) is 2.07. The van der Waals surface area contributed by atoms with Gasteiger partial charge >= 0.3 is 0 Å². The zero-order chi connectivity index (χ0) is 10.8. The SMILES string of the molecule is O=C(c1ccc2ccccc2c1)C(F)Br. The van der Waals surface area contributed by atoms with Crippen LogP contribution in [0.4, 0.5) is 4.39 Å². The third-order valence-corrected chi connectivity index (χ3v) is 2.65. The summed E-state index contributed by atoms with van der Waals surface area (Å²) < 4.78 is 12.7. The number of alkyl halides is 2. The maximum atomic E-state index is 12.7. The molecule has 0 heterocycles. The monoisotopic (exact) mass is 266 g/mol. The first-order valence-corrected chi connectivity index (χ1v) is 5.41. The van der Waals surface area contributed by atoms with E-state index in [4.69, 9.17) is 0 Å². The molecule has 76 valence electrons. The number of hydrogen-bond donors (Lipinski definition) is 0. The molecule has 0 aliphatic rings. The van der Waals surface area contributed by atoms with E-state index in [2.05, 4.69) is 15.9 Å². The maximum absolute atomic E-state index is 12.7. The summed E-state index contributed by atoms with van der Waals surface area (Å²) in [6, 6.07) is 12.8. The average Bonchev–Trinajstić information content (AvgIpc) is 2.27. The van der Waals surface area contributed by atoms with E-state index >= 15 is 0 Å². The van der Waals surface area contributed by atoms with Crippen molar-refractivity contribution in [1.29, 1.82) is 0 Å². The highest BCUT2D eigenvalue weighted by Crippen LogP contribution is 2.18. The standard InChI is InChI=1S/C12H8BrFO/c13-12(14)11(15)10-6-5-8-3-1-2-4-9(8)7-10/h1-7,12H. The van der Waals surface area contributed by atoms with Gasteiger partial charge in [0.1, 0.15) is 0 Å². The van der Waals surface area contributed by atoms with E-state index in [0.29, 0.717) is 5.56 Å². The highest BCUT2D eigenvalue weighted by molar-refractivity contribution is 9.09. The lowest BCUT2D eigenvalue weighted by atomic mass is 10.1. The molecular weight excluding hydrogens is 259 g/mol. The number of Topliss-reactive ketones (excluding diaryl/α,β-unsaturated/α-hetero) is 1. The van der Waals surface area contributed by atoms with Gasteiger partial charge in [0.05, 0.1) is 0 Å². The van der Waals surface area contributed by atoms with Crippen LogP contribution in [0.3, 0.4) is 0 Å². The molecule has 0 N–H and O–H groups in total. The molecule has 2 aromatic carbocycles. The Morgan fingerprint density at radius 2 is 1.80 bits per heavy atom. The van der Waals surface area contributed by atoms with Crippen LogP contribution in [-0.4, -0.2) is 10.9 Å². The molecule has 0 fully saturated rings. The van der Waals surface area contributed by atoms with Crippen LogP contribution >= 0.6 is 15.9 Å². The summed E-state index contributed by atoms with van der Waals surface area (Å²) in [7, 11) is 0. The molecule has 1 nitrogen and oxygen atoms in total. The molecule has 15 heavy (non-hydrogen) atoms. The summed E-state index contributed by atoms with van der Waals surface area (Å²) in [4.78, 5) is 11.4. The molecular formula is C12H8BrFO. The molecule has 3 heteroatoms. The van der Waals surface area contributed by atoms with Crippen LogP contribution in [0.2, 0.25) is 0 Å². The molecule has 0 saturated carbocycles. The van der Waals surface area contributed by atoms with Gasteiger partial charge in [0, 0.05) is 5.56 Å². The summed E-state index contributed by atoms with van der Waals surface area (Å²) in [5.41, 5.74) is 0.387. The summed E-state index contributed by atoms with van der Waals surface area (Å²) in [5, 5.41) is 0.356. The van der Waals surface area contributed by atoms with Gasteiger partial charge in [-0.15, -0.1) is 0 Å². The fourth-order valence-electron chi connectivity index (χ4n) is 1.47. The Morgan fingerprint density at radius 1 is 1.13 bits per heavy atom. The molecule has 2 aromatic rings. The predicted molar refractivity (Wildman–Crippen MR) is 62.1 cm³/mol. The number of hydrogen-bond acceptors (Lipinski definition) is 1. The lowest BCUT2D eigenvalue weighted by Crippen LogP contribution is -2.08. The minimum Gasteiger partial charge on any atom is -0.290 e. The molecule has 0 spiro atoms. The van der Waals surface area contributed by atoms with Crippen molar-refractivity contribution < 1.29 is 9.18 Å². The van der Waals surface area contributed by atoms with Crippen LogP contribution in [-0.2, 0) is 0 Å². The van der Waals surface area contributed by atoms with Gasteiger partial charge in [0.15, 0.2) is 0 Å². The minimum atomic E-state index is -1.63. The fourth-order valence-corrected chi connectivity index (χ4v) is 1.73. The van der Waals surface area contributed by atoms with E-state index in [-0.39, 0.29) is 0 Å². The Balaban J connectivity index is 2.52. The quantitative estimate of drug-likeness (QED) is 0.598. The van der Waals surface area contributed by atoms with Gasteiger partial charge in [-0.2, -0.15) is 0 Å². The Kier molecular flexibility index (Phi) is 2.82. The van der Waals surface area contributed by atoms with Crippen molar-refractivity contribution in [2.24, 2.45) is 0 Å². The number of benzene rings is 2. The zero-order valence-corrected chi connectivity index (χ0v) is 9.37. The van der Waals surface area contributed by atoms with Crippen molar-refractivity contribution in [3.05, 3.63) is 48.0 Å². The molecule has 1 unspecified atom stereocenters. The van der Waals surface area contributed by atoms with Crippen molar-refractivity contribution in [3.8, 4) is 0 Å². The molecule has 0 radical (unpaired) electrons. The summed E-state index contributed by atoms with van der Waals surface area (Å²) in [6.45, 7) is 0. The highest BCUT2D eigenvalue weighted by atomic mass is 79.9. The maximum Gasteiger partial charge on any atom is 0.217 e. The Morgan fingerprint density at radius 3 is 2.47 bits per heavy atom. The highest BCUT2D eigenvalue weighted by Gasteiger charge is 2.15. The first-order valence-electron chi connectivity index (χ1n) is 4.49. The van der Waals surface area contributed by atoms with Gasteiger partial charge < -0.3 is 0 Å². The second kappa shape index (κ2) is 4.11. The van der Waals surface area contributed by atoms with Crippen molar-refractivity contribution in [3.63, 3.8) is 0 Å². The van der Waals surface area contributed by atoms with Crippen molar-refractivity contribution >= 4 is 32.5 Å². The van der Waals surface area contributed by atoms with E-state index in [1.165, 1.54) is 0 Å². The molecule has 1 atom stereocenters. The summed E-state index contributed by atoms with van der Waals surface area (Å²) >= 11 is 2.62. The normalized spacial score (nSPS) is 12.7. The van der Waals surface area contributed by atoms with Crippen LogP contribution in [0.25, 0.3) is 10.8 Å². The van der Waals surface area contributed by atoms with Crippen molar-refractivity contribution in [1.82, 2.24) is 0 Å². The fraction of sp³-hybridized carbons (Fsp3) is 0.0833. The van der Waals surface area contributed by atoms with Crippen LogP contribution in [0.15, 0.2) is 42.5 Å². The van der Waals surface area contributed by atoms with Gasteiger partial charge in [-0.1, -0.05) is 36.4 Å². The van der Waals surface area contributed by atoms with E-state index in [9.17, 15) is 9.18 Å². The Labute approximate surface area is 95.0 Å². The van der Waals surface area contributed by atoms with Crippen molar-refractivity contribution in [2.75, 3.05) is 0 Å². The molecule has 0 bridgehead atoms. The second-order valence-electron chi connectivity index (χ2n) is 3.23. The minimum absolute atomic E-state index is 0.387. The van der Waals surface area contributed by atoms with Gasteiger partial charge in [-0.3, -0.25) is 4.79 Å². The first kappa shape index (κ1) is 10.3. The smallest absolute Gasteiger partial charge is 0.217 e. The molecule has 0 aliphatic carbocycles. The van der Waals surface area contributed by atoms with Crippen LogP contribution in [0.1, 0.15) is 10.4 Å². The number of halogens is 2. The second-order valence-corrected chi connectivity index (χ2v) is 4.03. The van der Waals surface area contributed by atoms with Crippen LogP contribution in [0, 0.1) is 0 Å².